The van der Waals surface area contributed by atoms with Crippen molar-refractivity contribution in [2.45, 2.75) is 302 Å². The molecule has 0 aromatic carbocycles. The summed E-state index contributed by atoms with van der Waals surface area (Å²) in [6.07, 6.45) is 70.6. The number of unbranched alkanes of at least 4 members (excludes halogenated alkanes) is 37. The Bertz CT molecular complexity index is 1290. The summed E-state index contributed by atoms with van der Waals surface area (Å²) in [6.45, 7) is 4.65. The summed E-state index contributed by atoms with van der Waals surface area (Å²) in [7, 11) is 1.25. The van der Waals surface area contributed by atoms with Crippen LogP contribution in [0.4, 0.5) is 0 Å². The van der Waals surface area contributed by atoms with Crippen molar-refractivity contribution < 1.29 is 32.9 Å². The van der Waals surface area contributed by atoms with Crippen LogP contribution in [0.5, 0.6) is 0 Å². The van der Waals surface area contributed by atoms with Gasteiger partial charge in [0.15, 0.2) is 0 Å². The van der Waals surface area contributed by atoms with Crippen LogP contribution >= 0.6 is 7.82 Å². The lowest BCUT2D eigenvalue weighted by Crippen LogP contribution is -2.45. The quantitative estimate of drug-likeness (QED) is 0.0272. The number of phosphoric acid groups is 1. The summed E-state index contributed by atoms with van der Waals surface area (Å²) in [4.78, 5) is 25.5. The van der Waals surface area contributed by atoms with Gasteiger partial charge in [0.2, 0.25) is 5.91 Å². The second kappa shape index (κ2) is 53.3. The third kappa shape index (κ3) is 56.0. The largest absolute Gasteiger partial charge is 0.756 e. The van der Waals surface area contributed by atoms with E-state index in [0.717, 1.165) is 44.9 Å². The fourth-order valence-electron chi connectivity index (χ4n) is 8.97. The van der Waals surface area contributed by atoms with Crippen LogP contribution in [-0.2, 0) is 18.4 Å². The van der Waals surface area contributed by atoms with Gasteiger partial charge in [-0.25, -0.2) is 0 Å². The number of hydrogen-bond acceptors (Lipinski definition) is 6. The zero-order valence-corrected chi connectivity index (χ0v) is 48.6. The van der Waals surface area contributed by atoms with Crippen molar-refractivity contribution in [2.75, 3.05) is 40.9 Å². The van der Waals surface area contributed by atoms with Gasteiger partial charge in [0, 0.05) is 6.42 Å². The topological polar surface area (TPSA) is 108 Å². The van der Waals surface area contributed by atoms with Crippen LogP contribution in [0, 0.1) is 0 Å². The molecule has 71 heavy (non-hydrogen) atoms. The Morgan fingerprint density at radius 1 is 0.493 bits per heavy atom. The maximum atomic E-state index is 13.0. The van der Waals surface area contributed by atoms with Crippen molar-refractivity contribution in [2.24, 2.45) is 0 Å². The average molecular weight is 1020 g/mol. The molecule has 0 heterocycles. The monoisotopic (exact) mass is 1020 g/mol. The molecule has 8 nitrogen and oxygen atoms in total. The Balaban J connectivity index is 4.21. The molecule has 418 valence electrons. The molecule has 9 heteroatoms. The van der Waals surface area contributed by atoms with E-state index in [0.29, 0.717) is 17.4 Å². The molecule has 0 rings (SSSR count). The van der Waals surface area contributed by atoms with E-state index in [1.165, 1.54) is 225 Å². The molecular weight excluding hydrogens is 900 g/mol. The maximum Gasteiger partial charge on any atom is 0.268 e. The SMILES string of the molecule is CCCCCCC/C=C\C/C=C\CCCCCCCCCCCC(=O)NC(COP(=O)([O-])OCC[N+](C)(C)C)C(O)/C=C/CC/C=C/CCCCCCCCCCCCCCCCCCCCCCCC. The van der Waals surface area contributed by atoms with Crippen molar-refractivity contribution in [3.8, 4) is 0 Å². The lowest BCUT2D eigenvalue weighted by molar-refractivity contribution is -0.870. The Morgan fingerprint density at radius 3 is 1.23 bits per heavy atom. The van der Waals surface area contributed by atoms with E-state index in [1.54, 1.807) is 6.08 Å². The predicted octanol–water partition coefficient (Wildman–Crippen LogP) is 18.1. The Labute approximate surface area is 441 Å². The summed E-state index contributed by atoms with van der Waals surface area (Å²) >= 11 is 0. The van der Waals surface area contributed by atoms with E-state index in [4.69, 9.17) is 9.05 Å². The average Bonchev–Trinajstić information content (AvgIpc) is 3.33. The second-order valence-electron chi connectivity index (χ2n) is 22.0. The van der Waals surface area contributed by atoms with Gasteiger partial charge < -0.3 is 28.8 Å². The highest BCUT2D eigenvalue weighted by Crippen LogP contribution is 2.38. The third-order valence-corrected chi connectivity index (χ3v) is 14.7. The van der Waals surface area contributed by atoms with Crippen LogP contribution < -0.4 is 10.2 Å². The minimum atomic E-state index is -4.61. The fourth-order valence-corrected chi connectivity index (χ4v) is 9.69. The standard InChI is InChI=1S/C62H119N2O6P/c1-6-8-10-12-14-16-18-20-22-24-26-28-29-30-31-32-33-34-36-37-39-41-43-45-47-49-51-53-55-61(65)60(59-70-71(67,68)69-58-57-64(3,4)5)63-62(66)56-54-52-50-48-46-44-42-40-38-35-27-25-23-21-19-17-15-13-11-9-7-2/h19,21,25,27,45,47,53,55,60-61,65H,6-18,20,22-24,26,28-44,46,48-52,54,56-59H2,1-5H3,(H-,63,66,67,68)/b21-19-,27-25-,47-45+,55-53+. The smallest absolute Gasteiger partial charge is 0.268 e. The lowest BCUT2D eigenvalue weighted by atomic mass is 10.0. The number of aliphatic hydroxyl groups is 1. The molecule has 0 aliphatic rings. The van der Waals surface area contributed by atoms with Crippen molar-refractivity contribution in [3.63, 3.8) is 0 Å². The number of likely N-dealkylation sites (N-methyl/N-ethyl adjacent to an activating group) is 1. The van der Waals surface area contributed by atoms with Crippen LogP contribution in [0.25, 0.3) is 0 Å². The number of nitrogens with one attached hydrogen (secondary N) is 1. The number of allylic oxidation sites excluding steroid dienone is 7. The summed E-state index contributed by atoms with van der Waals surface area (Å²) in [5.74, 6) is -0.209. The molecule has 0 fully saturated rings. The minimum Gasteiger partial charge on any atom is -0.756 e. The van der Waals surface area contributed by atoms with Gasteiger partial charge >= 0.3 is 0 Å². The van der Waals surface area contributed by atoms with E-state index < -0.39 is 26.6 Å². The predicted molar refractivity (Wildman–Crippen MR) is 307 cm³/mol. The molecule has 0 radical (unpaired) electrons. The van der Waals surface area contributed by atoms with Crippen LogP contribution in [0.2, 0.25) is 0 Å². The van der Waals surface area contributed by atoms with Crippen LogP contribution in [-0.4, -0.2) is 68.5 Å². The first-order valence-electron chi connectivity index (χ1n) is 30.5. The van der Waals surface area contributed by atoms with E-state index in [9.17, 15) is 19.4 Å². The lowest BCUT2D eigenvalue weighted by Gasteiger charge is -2.29. The van der Waals surface area contributed by atoms with Gasteiger partial charge in [-0.05, 0) is 64.2 Å². The van der Waals surface area contributed by atoms with E-state index in [-0.39, 0.29) is 12.5 Å². The zero-order chi connectivity index (χ0) is 52.0. The molecule has 0 aromatic rings. The second-order valence-corrected chi connectivity index (χ2v) is 23.5. The van der Waals surface area contributed by atoms with Crippen molar-refractivity contribution in [1.82, 2.24) is 5.32 Å². The summed E-state index contributed by atoms with van der Waals surface area (Å²) in [6, 6.07) is -0.908. The first-order valence-corrected chi connectivity index (χ1v) is 32.0. The molecular formula is C62H119N2O6P. The van der Waals surface area contributed by atoms with Gasteiger partial charge in [0.05, 0.1) is 39.9 Å². The number of carbonyl (C=O) groups excluding carboxylic acids is 1. The number of rotatable bonds is 56. The van der Waals surface area contributed by atoms with Crippen LogP contribution in [0.1, 0.15) is 290 Å². The molecule has 0 saturated heterocycles. The molecule has 0 saturated carbocycles. The number of amides is 1. The van der Waals surface area contributed by atoms with Gasteiger partial charge in [-0.2, -0.15) is 0 Å². The highest BCUT2D eigenvalue weighted by molar-refractivity contribution is 7.45. The number of hydrogen-bond donors (Lipinski definition) is 2. The van der Waals surface area contributed by atoms with Crippen LogP contribution in [0.3, 0.4) is 0 Å². The molecule has 1 amide bonds. The van der Waals surface area contributed by atoms with Gasteiger partial charge in [-0.3, -0.25) is 9.36 Å². The minimum absolute atomic E-state index is 0.00778. The molecule has 3 unspecified atom stereocenters. The van der Waals surface area contributed by atoms with E-state index >= 15 is 0 Å². The number of phosphoric ester groups is 1. The molecule has 0 bridgehead atoms. The Hall–Kier alpha value is -1.54. The molecule has 2 N–H and O–H groups in total. The van der Waals surface area contributed by atoms with E-state index in [2.05, 4.69) is 55.6 Å². The molecule has 0 aliphatic heterocycles. The van der Waals surface area contributed by atoms with Gasteiger partial charge in [0.25, 0.3) is 7.82 Å². The number of carbonyl (C=O) groups is 1. The fraction of sp³-hybridized carbons (Fsp3) is 0.855. The van der Waals surface area contributed by atoms with E-state index in [1.807, 2.05) is 27.2 Å². The van der Waals surface area contributed by atoms with Crippen molar-refractivity contribution in [3.05, 3.63) is 48.6 Å². The van der Waals surface area contributed by atoms with Gasteiger partial charge in [-0.1, -0.05) is 268 Å². The Kier molecular flexibility index (Phi) is 52.1. The molecule has 3 atom stereocenters. The highest BCUT2D eigenvalue weighted by atomic mass is 31.2. The van der Waals surface area contributed by atoms with Crippen molar-refractivity contribution >= 4 is 13.7 Å². The summed E-state index contributed by atoms with van der Waals surface area (Å²) < 4.78 is 23.4. The number of aliphatic hydroxyl groups excluding tert-OH is 1. The maximum absolute atomic E-state index is 13.0. The third-order valence-electron chi connectivity index (χ3n) is 13.8. The van der Waals surface area contributed by atoms with Gasteiger partial charge in [0.1, 0.15) is 13.2 Å². The zero-order valence-electron chi connectivity index (χ0n) is 47.7. The molecule has 0 aromatic heterocycles. The summed E-state index contributed by atoms with van der Waals surface area (Å²) in [5.41, 5.74) is 0. The summed E-state index contributed by atoms with van der Waals surface area (Å²) in [5, 5.41) is 13.9. The number of nitrogens with zero attached hydrogens (tertiary/aromatic N) is 1. The van der Waals surface area contributed by atoms with Crippen LogP contribution in [0.15, 0.2) is 48.6 Å². The number of quaternary nitrogens is 1. The van der Waals surface area contributed by atoms with Crippen molar-refractivity contribution in [1.29, 1.82) is 0 Å². The normalized spacial score (nSPS) is 14.2. The first-order chi connectivity index (χ1) is 34.5. The molecule has 0 aliphatic carbocycles. The Morgan fingerprint density at radius 2 is 0.831 bits per heavy atom. The molecule has 0 spiro atoms. The first kappa shape index (κ1) is 69.5. The highest BCUT2D eigenvalue weighted by Gasteiger charge is 2.23. The van der Waals surface area contributed by atoms with Gasteiger partial charge in [-0.15, -0.1) is 0 Å².